The second kappa shape index (κ2) is 6.61. The smallest absolute Gasteiger partial charge is 0.224 e. The largest absolute Gasteiger partial charge is 0.339 e. The quantitative estimate of drug-likeness (QED) is 0.923. The van der Waals surface area contributed by atoms with Gasteiger partial charge in [-0.1, -0.05) is 29.8 Å². The van der Waals surface area contributed by atoms with E-state index in [1.807, 2.05) is 0 Å². The molecule has 0 saturated carbocycles. The fourth-order valence-corrected chi connectivity index (χ4v) is 3.63. The molecule has 2 heterocycles. The monoisotopic (exact) mass is 286 g/mol. The summed E-state index contributed by atoms with van der Waals surface area (Å²) in [7, 11) is 0. The molecule has 0 spiro atoms. The number of nitrogens with zero attached hydrogens (tertiary/aromatic N) is 1. The van der Waals surface area contributed by atoms with E-state index >= 15 is 0 Å². The van der Waals surface area contributed by atoms with Crippen molar-refractivity contribution >= 4 is 5.91 Å². The lowest BCUT2D eigenvalue weighted by Gasteiger charge is -2.26. The highest BCUT2D eigenvalue weighted by molar-refractivity contribution is 5.77. The molecule has 0 aromatic heterocycles. The van der Waals surface area contributed by atoms with Gasteiger partial charge in [-0.3, -0.25) is 4.79 Å². The van der Waals surface area contributed by atoms with Crippen LogP contribution in [0.5, 0.6) is 0 Å². The number of aryl methyl sites for hydroxylation is 1. The normalized spacial score (nSPS) is 25.5. The second-order valence-corrected chi connectivity index (χ2v) is 6.57. The Labute approximate surface area is 127 Å². The first-order valence-electron chi connectivity index (χ1n) is 8.31. The minimum atomic E-state index is 0.351. The SMILES string of the molecule is Cc1ccc(CC2CCCN2C(=O)CC2CCCN2)cc1. The molecule has 2 aliphatic heterocycles. The minimum Gasteiger partial charge on any atom is -0.339 e. The third-order valence-corrected chi connectivity index (χ3v) is 4.87. The molecule has 0 aliphatic carbocycles. The number of carbonyl (C=O) groups excluding carboxylic acids is 1. The highest BCUT2D eigenvalue weighted by Gasteiger charge is 2.30. The van der Waals surface area contributed by atoms with E-state index in [0.29, 0.717) is 24.4 Å². The van der Waals surface area contributed by atoms with Gasteiger partial charge >= 0.3 is 0 Å². The maximum Gasteiger partial charge on any atom is 0.224 e. The molecule has 3 heteroatoms. The number of rotatable bonds is 4. The maximum absolute atomic E-state index is 12.5. The van der Waals surface area contributed by atoms with Crippen molar-refractivity contribution < 1.29 is 4.79 Å². The third kappa shape index (κ3) is 3.65. The van der Waals surface area contributed by atoms with Crippen molar-refractivity contribution in [2.45, 2.75) is 57.5 Å². The molecular weight excluding hydrogens is 260 g/mol. The molecule has 1 N–H and O–H groups in total. The molecule has 0 radical (unpaired) electrons. The molecule has 2 unspecified atom stereocenters. The van der Waals surface area contributed by atoms with Crippen molar-refractivity contribution in [3.8, 4) is 0 Å². The van der Waals surface area contributed by atoms with Crippen LogP contribution in [0.25, 0.3) is 0 Å². The van der Waals surface area contributed by atoms with Crippen LogP contribution in [0.15, 0.2) is 24.3 Å². The standard InChI is InChI=1S/C18H26N2O/c1-14-6-8-15(9-7-14)12-17-5-3-11-20(17)18(21)13-16-4-2-10-19-16/h6-9,16-17,19H,2-5,10-13H2,1H3. The Morgan fingerprint density at radius 3 is 2.76 bits per heavy atom. The minimum absolute atomic E-state index is 0.351. The summed E-state index contributed by atoms with van der Waals surface area (Å²) in [5.41, 5.74) is 2.65. The Bertz CT molecular complexity index is 476. The van der Waals surface area contributed by atoms with Gasteiger partial charge in [-0.2, -0.15) is 0 Å². The zero-order valence-electron chi connectivity index (χ0n) is 13.0. The molecule has 2 fully saturated rings. The van der Waals surface area contributed by atoms with E-state index < -0.39 is 0 Å². The zero-order valence-corrected chi connectivity index (χ0v) is 13.0. The van der Waals surface area contributed by atoms with Gasteiger partial charge in [0.05, 0.1) is 0 Å². The Morgan fingerprint density at radius 2 is 2.05 bits per heavy atom. The number of nitrogens with one attached hydrogen (secondary N) is 1. The molecule has 21 heavy (non-hydrogen) atoms. The zero-order chi connectivity index (χ0) is 14.7. The third-order valence-electron chi connectivity index (χ3n) is 4.87. The van der Waals surface area contributed by atoms with Gasteiger partial charge < -0.3 is 10.2 Å². The van der Waals surface area contributed by atoms with Crippen LogP contribution in [-0.4, -0.2) is 36.0 Å². The molecule has 1 aromatic carbocycles. The number of benzene rings is 1. The van der Waals surface area contributed by atoms with Gasteiger partial charge in [0, 0.05) is 25.0 Å². The van der Waals surface area contributed by atoms with Crippen molar-refractivity contribution in [2.24, 2.45) is 0 Å². The second-order valence-electron chi connectivity index (χ2n) is 6.57. The van der Waals surface area contributed by atoms with E-state index in [2.05, 4.69) is 41.4 Å². The average molecular weight is 286 g/mol. The number of likely N-dealkylation sites (tertiary alicyclic amines) is 1. The Balaban J connectivity index is 1.59. The maximum atomic E-state index is 12.5. The highest BCUT2D eigenvalue weighted by atomic mass is 16.2. The first kappa shape index (κ1) is 14.6. The number of amides is 1. The molecule has 2 aliphatic rings. The molecule has 3 rings (SSSR count). The number of carbonyl (C=O) groups is 1. The van der Waals surface area contributed by atoms with E-state index in [4.69, 9.17) is 0 Å². The van der Waals surface area contributed by atoms with E-state index in [-0.39, 0.29) is 0 Å². The van der Waals surface area contributed by atoms with Crippen LogP contribution in [0, 0.1) is 6.92 Å². The van der Waals surface area contributed by atoms with Crippen LogP contribution >= 0.6 is 0 Å². The highest BCUT2D eigenvalue weighted by Crippen LogP contribution is 2.23. The summed E-state index contributed by atoms with van der Waals surface area (Å²) in [6, 6.07) is 9.56. The van der Waals surface area contributed by atoms with E-state index in [9.17, 15) is 4.79 Å². The topological polar surface area (TPSA) is 32.3 Å². The van der Waals surface area contributed by atoms with Crippen LogP contribution in [0.3, 0.4) is 0 Å². The van der Waals surface area contributed by atoms with Gasteiger partial charge in [-0.25, -0.2) is 0 Å². The van der Waals surface area contributed by atoms with E-state index in [0.717, 1.165) is 38.8 Å². The first-order chi connectivity index (χ1) is 10.2. The number of hydrogen-bond donors (Lipinski definition) is 1. The van der Waals surface area contributed by atoms with Crippen molar-refractivity contribution in [3.05, 3.63) is 35.4 Å². The summed E-state index contributed by atoms with van der Waals surface area (Å²) in [4.78, 5) is 14.7. The molecule has 114 valence electrons. The molecule has 2 atom stereocenters. The first-order valence-corrected chi connectivity index (χ1v) is 8.31. The lowest BCUT2D eigenvalue weighted by atomic mass is 10.0. The summed E-state index contributed by atoms with van der Waals surface area (Å²) >= 11 is 0. The molecular formula is C18H26N2O. The van der Waals surface area contributed by atoms with Crippen LogP contribution < -0.4 is 5.32 Å². The summed E-state index contributed by atoms with van der Waals surface area (Å²) < 4.78 is 0. The molecule has 1 aromatic rings. The molecule has 0 bridgehead atoms. The average Bonchev–Trinajstić information content (AvgIpc) is 3.13. The van der Waals surface area contributed by atoms with Crippen molar-refractivity contribution in [2.75, 3.05) is 13.1 Å². The van der Waals surface area contributed by atoms with Crippen LogP contribution in [-0.2, 0) is 11.2 Å². The Morgan fingerprint density at radius 1 is 1.24 bits per heavy atom. The van der Waals surface area contributed by atoms with E-state index in [1.165, 1.54) is 17.5 Å². The predicted octanol–water partition coefficient (Wildman–Crippen LogP) is 2.67. The molecule has 1 amide bonds. The van der Waals surface area contributed by atoms with Gasteiger partial charge in [0.2, 0.25) is 5.91 Å². The van der Waals surface area contributed by atoms with Crippen molar-refractivity contribution in [1.82, 2.24) is 10.2 Å². The fourth-order valence-electron chi connectivity index (χ4n) is 3.63. The predicted molar refractivity (Wildman–Crippen MR) is 85.3 cm³/mol. The van der Waals surface area contributed by atoms with Crippen molar-refractivity contribution in [3.63, 3.8) is 0 Å². The summed E-state index contributed by atoms with van der Waals surface area (Å²) in [5, 5.41) is 3.43. The van der Waals surface area contributed by atoms with Gasteiger partial charge in [-0.15, -0.1) is 0 Å². The summed E-state index contributed by atoms with van der Waals surface area (Å²) in [6.07, 6.45) is 6.36. The fraction of sp³-hybridized carbons (Fsp3) is 0.611. The summed E-state index contributed by atoms with van der Waals surface area (Å²) in [5.74, 6) is 0.351. The van der Waals surface area contributed by atoms with Crippen LogP contribution in [0.2, 0.25) is 0 Å². The van der Waals surface area contributed by atoms with Crippen molar-refractivity contribution in [1.29, 1.82) is 0 Å². The Kier molecular flexibility index (Phi) is 4.59. The lowest BCUT2D eigenvalue weighted by Crippen LogP contribution is -2.39. The Hall–Kier alpha value is -1.35. The van der Waals surface area contributed by atoms with Crippen LogP contribution in [0.1, 0.15) is 43.2 Å². The molecule has 2 saturated heterocycles. The van der Waals surface area contributed by atoms with E-state index in [1.54, 1.807) is 0 Å². The van der Waals surface area contributed by atoms with Gasteiger partial charge in [0.25, 0.3) is 0 Å². The lowest BCUT2D eigenvalue weighted by molar-refractivity contribution is -0.132. The van der Waals surface area contributed by atoms with Gasteiger partial charge in [-0.05, 0) is 51.1 Å². The molecule has 3 nitrogen and oxygen atoms in total. The van der Waals surface area contributed by atoms with Gasteiger partial charge in [0.15, 0.2) is 0 Å². The summed E-state index contributed by atoms with van der Waals surface area (Å²) in [6.45, 7) is 4.14. The number of hydrogen-bond acceptors (Lipinski definition) is 2. The van der Waals surface area contributed by atoms with Crippen LogP contribution in [0.4, 0.5) is 0 Å². The van der Waals surface area contributed by atoms with Gasteiger partial charge in [0.1, 0.15) is 0 Å².